The molecule has 2 aromatic carbocycles. The first-order valence-electron chi connectivity index (χ1n) is 11.2. The van der Waals surface area contributed by atoms with Crippen LogP contribution in [0.3, 0.4) is 0 Å². The molecule has 180 valence electrons. The summed E-state index contributed by atoms with van der Waals surface area (Å²) in [4.78, 5) is 35.8. The fraction of sp³-hybridized carbons (Fsp3) is 0.280. The van der Waals surface area contributed by atoms with Crippen LogP contribution in [0, 0.1) is 0 Å². The minimum absolute atomic E-state index is 0.0176. The highest BCUT2D eigenvalue weighted by molar-refractivity contribution is 5.98. The van der Waals surface area contributed by atoms with Gasteiger partial charge < -0.3 is 15.1 Å². The van der Waals surface area contributed by atoms with Crippen LogP contribution in [-0.4, -0.2) is 52.9 Å². The summed E-state index contributed by atoms with van der Waals surface area (Å²) in [5.74, 6) is 0.0696. The predicted molar refractivity (Wildman–Crippen MR) is 126 cm³/mol. The Bertz CT molecular complexity index is 1350. The maximum absolute atomic E-state index is 14.3. The van der Waals surface area contributed by atoms with Crippen molar-refractivity contribution in [3.05, 3.63) is 60.4 Å². The fourth-order valence-electron chi connectivity index (χ4n) is 4.74. The van der Waals surface area contributed by atoms with E-state index in [1.54, 1.807) is 23.1 Å². The summed E-state index contributed by atoms with van der Waals surface area (Å²) in [6, 6.07) is 7.54. The van der Waals surface area contributed by atoms with Crippen molar-refractivity contribution in [1.82, 2.24) is 14.9 Å². The smallest absolute Gasteiger partial charge is 0.352 e. The Morgan fingerprint density at radius 3 is 2.54 bits per heavy atom. The molecule has 1 fully saturated rings. The van der Waals surface area contributed by atoms with E-state index < -0.39 is 11.7 Å². The van der Waals surface area contributed by atoms with Crippen molar-refractivity contribution in [3.8, 4) is 11.1 Å². The van der Waals surface area contributed by atoms with Gasteiger partial charge in [0.25, 0.3) is 0 Å². The van der Waals surface area contributed by atoms with E-state index in [9.17, 15) is 22.8 Å². The van der Waals surface area contributed by atoms with Crippen LogP contribution in [0.25, 0.3) is 22.0 Å². The van der Waals surface area contributed by atoms with Crippen molar-refractivity contribution in [2.24, 2.45) is 0 Å². The lowest BCUT2D eigenvalue weighted by Crippen LogP contribution is -2.48. The molecule has 10 heteroatoms. The summed E-state index contributed by atoms with van der Waals surface area (Å²) in [6.45, 7) is 5.20. The van der Waals surface area contributed by atoms with Gasteiger partial charge in [-0.05, 0) is 47.4 Å². The standard InChI is InChI=1S/C25H22F3N5O2/c1-2-23(35)32-8-10-33(11-9-32)24-18-12-19(25(26,27)28)17(13-21(18)29-14-30-24)15-4-3-5-20-16(15)6-7-22(34)31-20/h2-5,12-14H,1,6-11H2,(H,31,34). The first-order chi connectivity index (χ1) is 16.8. The Kier molecular flexibility index (Phi) is 5.66. The second kappa shape index (κ2) is 8.68. The highest BCUT2D eigenvalue weighted by Crippen LogP contribution is 2.43. The number of anilines is 2. The van der Waals surface area contributed by atoms with Crippen molar-refractivity contribution in [2.75, 3.05) is 36.4 Å². The van der Waals surface area contributed by atoms with Gasteiger partial charge in [0.1, 0.15) is 12.1 Å². The molecule has 0 bridgehead atoms. The number of aromatic nitrogens is 2. The van der Waals surface area contributed by atoms with Gasteiger partial charge >= 0.3 is 6.18 Å². The molecule has 0 radical (unpaired) electrons. The summed E-state index contributed by atoms with van der Waals surface area (Å²) in [7, 11) is 0. The SMILES string of the molecule is C=CC(=O)N1CCN(c2ncnc3cc(-c4cccc5c4CCC(=O)N5)c(C(F)(F)F)cc23)CC1. The molecular formula is C25H22F3N5O2. The van der Waals surface area contributed by atoms with Crippen LogP contribution in [0.15, 0.2) is 49.3 Å². The normalized spacial score (nSPS) is 16.1. The van der Waals surface area contributed by atoms with Gasteiger partial charge in [-0.15, -0.1) is 0 Å². The topological polar surface area (TPSA) is 78.4 Å². The summed E-state index contributed by atoms with van der Waals surface area (Å²) in [5, 5.41) is 3.04. The van der Waals surface area contributed by atoms with Gasteiger partial charge in [0, 0.05) is 43.7 Å². The fourth-order valence-corrected chi connectivity index (χ4v) is 4.74. The Morgan fingerprint density at radius 1 is 1.06 bits per heavy atom. The van der Waals surface area contributed by atoms with Crippen LogP contribution >= 0.6 is 0 Å². The van der Waals surface area contributed by atoms with Crippen molar-refractivity contribution in [2.45, 2.75) is 19.0 Å². The zero-order valence-electron chi connectivity index (χ0n) is 18.7. The lowest BCUT2D eigenvalue weighted by atomic mass is 9.89. The zero-order chi connectivity index (χ0) is 24.7. The van der Waals surface area contributed by atoms with Crippen molar-refractivity contribution >= 4 is 34.2 Å². The number of halogens is 3. The Hall–Kier alpha value is -3.95. The number of piperazine rings is 1. The number of benzene rings is 2. The molecule has 1 N–H and O–H groups in total. The van der Waals surface area contributed by atoms with Crippen molar-refractivity contribution in [1.29, 1.82) is 0 Å². The van der Waals surface area contributed by atoms with Gasteiger partial charge in [-0.3, -0.25) is 9.59 Å². The Labute approximate surface area is 199 Å². The lowest BCUT2D eigenvalue weighted by Gasteiger charge is -2.35. The minimum atomic E-state index is -4.62. The van der Waals surface area contributed by atoms with Gasteiger partial charge in [0.05, 0.1) is 11.1 Å². The van der Waals surface area contributed by atoms with Gasteiger partial charge in [-0.1, -0.05) is 18.7 Å². The summed E-state index contributed by atoms with van der Waals surface area (Å²) < 4.78 is 43.0. The molecule has 0 saturated carbocycles. The third-order valence-corrected chi connectivity index (χ3v) is 6.47. The van der Waals surface area contributed by atoms with E-state index in [4.69, 9.17) is 0 Å². The van der Waals surface area contributed by atoms with Gasteiger partial charge in [-0.2, -0.15) is 13.2 Å². The van der Waals surface area contributed by atoms with Crippen LogP contribution < -0.4 is 10.2 Å². The number of carbonyl (C=O) groups excluding carboxylic acids is 2. The van der Waals surface area contributed by atoms with Crippen LogP contribution in [0.2, 0.25) is 0 Å². The van der Waals surface area contributed by atoms with E-state index in [0.717, 1.165) is 6.07 Å². The van der Waals surface area contributed by atoms with E-state index >= 15 is 0 Å². The first kappa shape index (κ1) is 22.8. The molecule has 2 aliphatic rings. The van der Waals surface area contributed by atoms with E-state index in [0.29, 0.717) is 66.1 Å². The number of nitrogens with one attached hydrogen (secondary N) is 1. The summed E-state index contributed by atoms with van der Waals surface area (Å²) in [5.41, 5.74) is 1.25. The van der Waals surface area contributed by atoms with E-state index in [2.05, 4.69) is 21.9 Å². The van der Waals surface area contributed by atoms with Gasteiger partial charge in [0.2, 0.25) is 11.8 Å². The van der Waals surface area contributed by atoms with Crippen LogP contribution in [-0.2, 0) is 22.2 Å². The number of hydrogen-bond donors (Lipinski definition) is 1. The van der Waals surface area contributed by atoms with E-state index in [1.165, 1.54) is 18.5 Å². The van der Waals surface area contributed by atoms with Crippen molar-refractivity contribution in [3.63, 3.8) is 0 Å². The second-order valence-electron chi connectivity index (χ2n) is 8.51. The lowest BCUT2D eigenvalue weighted by molar-refractivity contribution is -0.137. The molecule has 0 unspecified atom stereocenters. The third-order valence-electron chi connectivity index (χ3n) is 6.47. The number of fused-ring (bicyclic) bond motifs is 2. The Balaban J connectivity index is 1.61. The number of carbonyl (C=O) groups is 2. The second-order valence-corrected chi connectivity index (χ2v) is 8.51. The third kappa shape index (κ3) is 4.20. The van der Waals surface area contributed by atoms with Gasteiger partial charge in [0.15, 0.2) is 0 Å². The molecule has 35 heavy (non-hydrogen) atoms. The number of rotatable bonds is 3. The molecule has 2 aliphatic heterocycles. The first-order valence-corrected chi connectivity index (χ1v) is 11.2. The number of alkyl halides is 3. The minimum Gasteiger partial charge on any atom is -0.352 e. The molecule has 1 aromatic heterocycles. The zero-order valence-corrected chi connectivity index (χ0v) is 18.7. The van der Waals surface area contributed by atoms with Crippen LogP contribution in [0.4, 0.5) is 24.7 Å². The number of nitrogens with zero attached hydrogens (tertiary/aromatic N) is 4. The van der Waals surface area contributed by atoms with Gasteiger partial charge in [-0.25, -0.2) is 9.97 Å². The van der Waals surface area contributed by atoms with E-state index in [1.807, 2.05) is 4.90 Å². The molecule has 0 spiro atoms. The largest absolute Gasteiger partial charge is 0.417 e. The maximum atomic E-state index is 14.3. The molecule has 0 aliphatic carbocycles. The number of hydrogen-bond acceptors (Lipinski definition) is 5. The number of amides is 2. The molecule has 5 rings (SSSR count). The van der Waals surface area contributed by atoms with Crippen LogP contribution in [0.1, 0.15) is 17.5 Å². The predicted octanol–water partition coefficient (Wildman–Crippen LogP) is 4.03. The molecule has 0 atom stereocenters. The monoisotopic (exact) mass is 481 g/mol. The van der Waals surface area contributed by atoms with Crippen molar-refractivity contribution < 1.29 is 22.8 Å². The summed E-state index contributed by atoms with van der Waals surface area (Å²) in [6.07, 6.45) is -1.45. The molecule has 3 aromatic rings. The molecule has 2 amide bonds. The van der Waals surface area contributed by atoms with E-state index in [-0.39, 0.29) is 23.8 Å². The highest BCUT2D eigenvalue weighted by atomic mass is 19.4. The Morgan fingerprint density at radius 2 is 1.83 bits per heavy atom. The molecule has 7 nitrogen and oxygen atoms in total. The molecular weight excluding hydrogens is 459 g/mol. The highest BCUT2D eigenvalue weighted by Gasteiger charge is 2.36. The quantitative estimate of drug-likeness (QED) is 0.572. The van der Waals surface area contributed by atoms with Crippen LogP contribution in [0.5, 0.6) is 0 Å². The molecule has 1 saturated heterocycles. The summed E-state index contributed by atoms with van der Waals surface area (Å²) >= 11 is 0. The average molecular weight is 481 g/mol. The molecule has 3 heterocycles. The maximum Gasteiger partial charge on any atom is 0.417 e. The average Bonchev–Trinajstić information content (AvgIpc) is 2.86.